The van der Waals surface area contributed by atoms with Gasteiger partial charge in [-0.05, 0) is 56.2 Å². The Morgan fingerprint density at radius 1 is 1.00 bits per heavy atom. The highest BCUT2D eigenvalue weighted by molar-refractivity contribution is 6.30. The van der Waals surface area contributed by atoms with E-state index in [1.807, 2.05) is 32.9 Å². The molecular weight excluding hydrogens is 326 g/mol. The minimum atomic E-state index is -0.565. The molecule has 0 aliphatic rings. The SMILES string of the molecule is CC(C)(C)OC(=O)N(Cc1ccc(O)cc1)Cc1ccc(Cl)cc1. The number of aromatic hydroxyl groups is 1. The minimum Gasteiger partial charge on any atom is -0.508 e. The molecule has 0 unspecified atom stereocenters. The third-order valence-electron chi connectivity index (χ3n) is 3.25. The van der Waals surface area contributed by atoms with Crippen LogP contribution in [0.4, 0.5) is 4.79 Å². The lowest BCUT2D eigenvalue weighted by atomic mass is 10.1. The van der Waals surface area contributed by atoms with Gasteiger partial charge in [-0.15, -0.1) is 0 Å². The fourth-order valence-electron chi connectivity index (χ4n) is 2.14. The van der Waals surface area contributed by atoms with Crippen molar-refractivity contribution in [3.63, 3.8) is 0 Å². The van der Waals surface area contributed by atoms with E-state index in [1.54, 1.807) is 41.3 Å². The molecule has 2 aromatic carbocycles. The number of rotatable bonds is 4. The fraction of sp³-hybridized carbons (Fsp3) is 0.316. The van der Waals surface area contributed by atoms with Gasteiger partial charge in [0.1, 0.15) is 11.4 Å². The van der Waals surface area contributed by atoms with Crippen molar-refractivity contribution in [2.45, 2.75) is 39.5 Å². The average molecular weight is 348 g/mol. The first-order chi connectivity index (χ1) is 11.2. The average Bonchev–Trinajstić information content (AvgIpc) is 2.49. The molecule has 0 spiro atoms. The summed E-state index contributed by atoms with van der Waals surface area (Å²) in [5, 5.41) is 10.1. The van der Waals surface area contributed by atoms with Crippen LogP contribution in [0.15, 0.2) is 48.5 Å². The molecule has 0 saturated heterocycles. The molecule has 128 valence electrons. The fourth-order valence-corrected chi connectivity index (χ4v) is 2.27. The van der Waals surface area contributed by atoms with E-state index >= 15 is 0 Å². The van der Waals surface area contributed by atoms with E-state index in [0.717, 1.165) is 11.1 Å². The Bertz CT molecular complexity index is 628. The molecule has 0 aromatic heterocycles. The third-order valence-corrected chi connectivity index (χ3v) is 3.50. The lowest BCUT2D eigenvalue weighted by Gasteiger charge is -2.27. The van der Waals surface area contributed by atoms with Crippen molar-refractivity contribution in [1.29, 1.82) is 0 Å². The number of carbonyl (C=O) groups is 1. The second-order valence-electron chi connectivity index (χ2n) is 6.63. The number of phenolic OH excluding ortho intramolecular Hbond substituents is 1. The summed E-state index contributed by atoms with van der Waals surface area (Å²) in [5.74, 6) is 0.195. The molecule has 0 radical (unpaired) electrons. The molecule has 0 heterocycles. The molecule has 2 rings (SSSR count). The van der Waals surface area contributed by atoms with E-state index in [4.69, 9.17) is 16.3 Å². The van der Waals surface area contributed by atoms with Crippen LogP contribution in [0.3, 0.4) is 0 Å². The third kappa shape index (κ3) is 5.78. The molecule has 0 saturated carbocycles. The number of ether oxygens (including phenoxy) is 1. The summed E-state index contributed by atoms with van der Waals surface area (Å²) in [7, 11) is 0. The van der Waals surface area contributed by atoms with Crippen molar-refractivity contribution in [2.24, 2.45) is 0 Å². The Morgan fingerprint density at radius 3 is 1.92 bits per heavy atom. The number of carbonyl (C=O) groups excluding carboxylic acids is 1. The zero-order valence-electron chi connectivity index (χ0n) is 14.1. The van der Waals surface area contributed by atoms with Gasteiger partial charge in [-0.1, -0.05) is 35.9 Å². The van der Waals surface area contributed by atoms with Crippen molar-refractivity contribution in [3.05, 3.63) is 64.7 Å². The maximum atomic E-state index is 12.5. The first-order valence-electron chi connectivity index (χ1n) is 7.73. The van der Waals surface area contributed by atoms with Crippen LogP contribution in [-0.4, -0.2) is 21.7 Å². The van der Waals surface area contributed by atoms with E-state index in [1.165, 1.54) is 0 Å². The first kappa shape index (κ1) is 18.1. The number of benzene rings is 2. The van der Waals surface area contributed by atoms with Gasteiger partial charge in [-0.2, -0.15) is 0 Å². The maximum absolute atomic E-state index is 12.5. The highest BCUT2D eigenvalue weighted by Gasteiger charge is 2.22. The summed E-state index contributed by atoms with van der Waals surface area (Å²) >= 11 is 5.91. The first-order valence-corrected chi connectivity index (χ1v) is 8.11. The lowest BCUT2D eigenvalue weighted by Crippen LogP contribution is -2.36. The van der Waals surface area contributed by atoms with Gasteiger partial charge in [0.15, 0.2) is 0 Å². The van der Waals surface area contributed by atoms with Gasteiger partial charge in [-0.3, -0.25) is 4.90 Å². The predicted octanol–water partition coefficient (Wildman–Crippen LogP) is 4.98. The quantitative estimate of drug-likeness (QED) is 0.848. The van der Waals surface area contributed by atoms with E-state index in [0.29, 0.717) is 18.1 Å². The predicted molar refractivity (Wildman–Crippen MR) is 95.0 cm³/mol. The summed E-state index contributed by atoms with van der Waals surface area (Å²) in [6.45, 7) is 6.31. The van der Waals surface area contributed by atoms with Gasteiger partial charge < -0.3 is 9.84 Å². The van der Waals surface area contributed by atoms with Gasteiger partial charge in [0, 0.05) is 18.1 Å². The van der Waals surface area contributed by atoms with E-state index in [2.05, 4.69) is 0 Å². The Kier molecular flexibility index (Phi) is 5.73. The molecule has 24 heavy (non-hydrogen) atoms. The van der Waals surface area contributed by atoms with Crippen LogP contribution < -0.4 is 0 Å². The highest BCUT2D eigenvalue weighted by atomic mass is 35.5. The van der Waals surface area contributed by atoms with Crippen LogP contribution in [0, 0.1) is 0 Å². The molecule has 4 nitrogen and oxygen atoms in total. The zero-order chi connectivity index (χ0) is 17.7. The van der Waals surface area contributed by atoms with E-state index in [-0.39, 0.29) is 11.8 Å². The molecule has 0 fully saturated rings. The number of hydrogen-bond acceptors (Lipinski definition) is 3. The van der Waals surface area contributed by atoms with Crippen molar-refractivity contribution in [1.82, 2.24) is 4.90 Å². The van der Waals surface area contributed by atoms with Crippen molar-refractivity contribution in [3.8, 4) is 5.75 Å². The standard InChI is InChI=1S/C19H22ClNO3/c1-19(2,3)24-18(23)21(12-14-4-8-16(20)9-5-14)13-15-6-10-17(22)11-7-15/h4-11,22H,12-13H2,1-3H3. The van der Waals surface area contributed by atoms with Gasteiger partial charge in [0.2, 0.25) is 0 Å². The smallest absolute Gasteiger partial charge is 0.410 e. The largest absolute Gasteiger partial charge is 0.508 e. The van der Waals surface area contributed by atoms with Crippen LogP contribution in [0.2, 0.25) is 5.02 Å². The van der Waals surface area contributed by atoms with Crippen LogP contribution in [-0.2, 0) is 17.8 Å². The molecule has 0 aliphatic carbocycles. The van der Waals surface area contributed by atoms with E-state index < -0.39 is 5.60 Å². The number of halogens is 1. The van der Waals surface area contributed by atoms with Crippen LogP contribution in [0.5, 0.6) is 5.75 Å². The molecule has 1 amide bonds. The van der Waals surface area contributed by atoms with Crippen molar-refractivity contribution < 1.29 is 14.6 Å². The summed E-state index contributed by atoms with van der Waals surface area (Å²) < 4.78 is 5.50. The number of hydrogen-bond donors (Lipinski definition) is 1. The monoisotopic (exact) mass is 347 g/mol. The van der Waals surface area contributed by atoms with E-state index in [9.17, 15) is 9.90 Å². The van der Waals surface area contributed by atoms with Gasteiger partial charge in [0.05, 0.1) is 0 Å². The summed E-state index contributed by atoms with van der Waals surface area (Å²) in [6, 6.07) is 14.1. The van der Waals surface area contributed by atoms with Gasteiger partial charge in [0.25, 0.3) is 0 Å². The zero-order valence-corrected chi connectivity index (χ0v) is 14.9. The van der Waals surface area contributed by atoms with Crippen LogP contribution >= 0.6 is 11.6 Å². The summed E-state index contributed by atoms with van der Waals surface area (Å²) in [6.07, 6.45) is -0.384. The Morgan fingerprint density at radius 2 is 1.46 bits per heavy atom. The summed E-state index contributed by atoms with van der Waals surface area (Å²) in [4.78, 5) is 14.2. The molecule has 0 aliphatic heterocycles. The second-order valence-corrected chi connectivity index (χ2v) is 7.07. The Labute approximate surface area is 147 Å². The summed E-state index contributed by atoms with van der Waals surface area (Å²) in [5.41, 5.74) is 1.31. The maximum Gasteiger partial charge on any atom is 0.410 e. The number of nitrogens with zero attached hydrogens (tertiary/aromatic N) is 1. The van der Waals surface area contributed by atoms with Crippen molar-refractivity contribution >= 4 is 17.7 Å². The Balaban J connectivity index is 2.18. The van der Waals surface area contributed by atoms with Gasteiger partial charge in [-0.25, -0.2) is 4.79 Å². The molecule has 1 N–H and O–H groups in total. The number of phenols is 1. The van der Waals surface area contributed by atoms with Crippen LogP contribution in [0.25, 0.3) is 0 Å². The second kappa shape index (κ2) is 7.58. The number of amides is 1. The Hall–Kier alpha value is -2.20. The normalized spacial score (nSPS) is 11.2. The van der Waals surface area contributed by atoms with Gasteiger partial charge >= 0.3 is 6.09 Å². The minimum absolute atomic E-state index is 0.195. The highest BCUT2D eigenvalue weighted by Crippen LogP contribution is 2.18. The topological polar surface area (TPSA) is 49.8 Å². The molecule has 5 heteroatoms. The van der Waals surface area contributed by atoms with Crippen molar-refractivity contribution in [2.75, 3.05) is 0 Å². The molecular formula is C19H22ClNO3. The molecule has 0 atom stereocenters. The lowest BCUT2D eigenvalue weighted by molar-refractivity contribution is 0.0216. The molecule has 2 aromatic rings. The van der Waals surface area contributed by atoms with Crippen LogP contribution in [0.1, 0.15) is 31.9 Å². The molecule has 0 bridgehead atoms.